The fourth-order valence-electron chi connectivity index (χ4n) is 2.77. The molecule has 4 aromatic rings. The highest BCUT2D eigenvalue weighted by Crippen LogP contribution is 2.32. The zero-order valence-electron chi connectivity index (χ0n) is 14.5. The average Bonchev–Trinajstić information content (AvgIpc) is 3.09. The van der Waals surface area contributed by atoms with Crippen LogP contribution in [0.3, 0.4) is 0 Å². The van der Waals surface area contributed by atoms with E-state index >= 15 is 0 Å². The van der Waals surface area contributed by atoms with Gasteiger partial charge in [-0.15, -0.1) is 11.3 Å². The van der Waals surface area contributed by atoms with Crippen LogP contribution in [0.15, 0.2) is 66.7 Å². The molecule has 0 unspecified atom stereocenters. The number of aromatic nitrogens is 1. The molecule has 1 heterocycles. The number of aryl methyl sites for hydroxylation is 1. The van der Waals surface area contributed by atoms with Crippen molar-refractivity contribution in [3.63, 3.8) is 0 Å². The molecule has 6 heteroatoms. The van der Waals surface area contributed by atoms with Crippen molar-refractivity contribution in [2.75, 3.05) is 10.6 Å². The van der Waals surface area contributed by atoms with E-state index in [-0.39, 0.29) is 5.69 Å². The van der Waals surface area contributed by atoms with Gasteiger partial charge in [-0.3, -0.25) is 0 Å². The zero-order chi connectivity index (χ0) is 18.8. The van der Waals surface area contributed by atoms with E-state index in [1.54, 1.807) is 23.5 Å². The molecule has 0 aliphatic rings. The summed E-state index contributed by atoms with van der Waals surface area (Å²) in [7, 11) is 0. The maximum Gasteiger partial charge on any atom is 0.323 e. The van der Waals surface area contributed by atoms with Crippen molar-refractivity contribution in [3.8, 4) is 10.6 Å². The summed E-state index contributed by atoms with van der Waals surface area (Å²) in [4.78, 5) is 16.8. The number of hydrogen-bond donors (Lipinski definition) is 2. The van der Waals surface area contributed by atoms with Gasteiger partial charge in [0.1, 0.15) is 10.8 Å². The van der Waals surface area contributed by atoms with E-state index in [4.69, 9.17) is 0 Å². The van der Waals surface area contributed by atoms with Crippen LogP contribution in [0.1, 0.15) is 5.56 Å². The van der Waals surface area contributed by atoms with Crippen LogP contribution in [0.5, 0.6) is 0 Å². The number of para-hydroxylation sites is 2. The second kappa shape index (κ2) is 7.17. The highest BCUT2D eigenvalue weighted by Gasteiger charge is 2.10. The van der Waals surface area contributed by atoms with Gasteiger partial charge in [-0.1, -0.05) is 24.3 Å². The Labute approximate surface area is 159 Å². The number of carbonyl (C=O) groups excluding carboxylic acids is 1. The first-order chi connectivity index (χ1) is 13.1. The molecule has 134 valence electrons. The van der Waals surface area contributed by atoms with Crippen molar-refractivity contribution in [2.24, 2.45) is 0 Å². The van der Waals surface area contributed by atoms with Crippen LogP contribution in [0.4, 0.5) is 20.6 Å². The van der Waals surface area contributed by atoms with Gasteiger partial charge in [0.15, 0.2) is 0 Å². The maximum absolute atomic E-state index is 13.6. The Balaban J connectivity index is 1.53. The lowest BCUT2D eigenvalue weighted by Gasteiger charge is -2.11. The van der Waals surface area contributed by atoms with Crippen molar-refractivity contribution < 1.29 is 9.18 Å². The minimum Gasteiger partial charge on any atom is -0.307 e. The predicted molar refractivity (Wildman–Crippen MR) is 109 cm³/mol. The molecule has 0 aliphatic carbocycles. The van der Waals surface area contributed by atoms with Crippen LogP contribution in [-0.2, 0) is 0 Å². The Morgan fingerprint density at radius 3 is 2.48 bits per heavy atom. The van der Waals surface area contributed by atoms with Crippen LogP contribution in [-0.4, -0.2) is 11.0 Å². The van der Waals surface area contributed by atoms with Crippen molar-refractivity contribution in [1.82, 2.24) is 4.98 Å². The molecule has 2 amide bonds. The Morgan fingerprint density at radius 1 is 0.963 bits per heavy atom. The highest BCUT2D eigenvalue weighted by molar-refractivity contribution is 7.21. The molecule has 0 saturated carbocycles. The second-order valence-corrected chi connectivity index (χ2v) is 7.11. The molecule has 0 radical (unpaired) electrons. The van der Waals surface area contributed by atoms with Crippen molar-refractivity contribution in [1.29, 1.82) is 0 Å². The first kappa shape index (κ1) is 17.2. The topological polar surface area (TPSA) is 54.0 Å². The molecule has 3 aromatic carbocycles. The lowest BCUT2D eigenvalue weighted by Crippen LogP contribution is -2.20. The Morgan fingerprint density at radius 2 is 1.70 bits per heavy atom. The molecule has 0 bridgehead atoms. The highest BCUT2D eigenvalue weighted by atomic mass is 32.1. The summed E-state index contributed by atoms with van der Waals surface area (Å²) in [6.07, 6.45) is 0. The average molecular weight is 377 g/mol. The first-order valence-corrected chi connectivity index (χ1v) is 9.21. The quantitative estimate of drug-likeness (QED) is 0.456. The number of halogens is 1. The lowest BCUT2D eigenvalue weighted by atomic mass is 10.1. The number of nitrogens with zero attached hydrogens (tertiary/aromatic N) is 1. The number of amides is 2. The summed E-state index contributed by atoms with van der Waals surface area (Å²) < 4.78 is 14.8. The summed E-state index contributed by atoms with van der Waals surface area (Å²) in [6.45, 7) is 1.91. The van der Waals surface area contributed by atoms with Gasteiger partial charge in [0.2, 0.25) is 0 Å². The zero-order valence-corrected chi connectivity index (χ0v) is 15.3. The number of benzene rings is 3. The van der Waals surface area contributed by atoms with Gasteiger partial charge in [0.25, 0.3) is 0 Å². The molecular formula is C21H16FN3OS. The number of carbonyl (C=O) groups is 1. The number of nitrogens with one attached hydrogen (secondary N) is 2. The van der Waals surface area contributed by atoms with Crippen LogP contribution in [0.25, 0.3) is 20.8 Å². The van der Waals surface area contributed by atoms with E-state index in [0.29, 0.717) is 5.69 Å². The fourth-order valence-corrected chi connectivity index (χ4v) is 3.73. The van der Waals surface area contributed by atoms with Gasteiger partial charge < -0.3 is 10.6 Å². The molecular weight excluding hydrogens is 361 g/mol. The molecule has 0 saturated heterocycles. The number of fused-ring (bicyclic) bond motifs is 1. The van der Waals surface area contributed by atoms with Gasteiger partial charge >= 0.3 is 6.03 Å². The molecule has 27 heavy (non-hydrogen) atoms. The number of thiazole rings is 1. The molecule has 1 aromatic heterocycles. The monoisotopic (exact) mass is 377 g/mol. The number of hydrogen-bond acceptors (Lipinski definition) is 3. The minimum atomic E-state index is -0.490. The van der Waals surface area contributed by atoms with Gasteiger partial charge in [0, 0.05) is 11.3 Å². The van der Waals surface area contributed by atoms with E-state index in [1.807, 2.05) is 49.4 Å². The van der Waals surface area contributed by atoms with Crippen LogP contribution >= 0.6 is 11.3 Å². The molecule has 2 N–H and O–H groups in total. The van der Waals surface area contributed by atoms with Gasteiger partial charge in [0.05, 0.1) is 15.9 Å². The smallest absolute Gasteiger partial charge is 0.307 e. The normalized spacial score (nSPS) is 10.7. The molecule has 0 fully saturated rings. The minimum absolute atomic E-state index is 0.138. The fraction of sp³-hybridized carbons (Fsp3) is 0.0476. The van der Waals surface area contributed by atoms with E-state index in [2.05, 4.69) is 15.6 Å². The second-order valence-electron chi connectivity index (χ2n) is 6.08. The lowest BCUT2D eigenvalue weighted by molar-refractivity contribution is 0.262. The van der Waals surface area contributed by atoms with Crippen LogP contribution < -0.4 is 10.6 Å². The first-order valence-electron chi connectivity index (χ1n) is 8.39. The van der Waals surface area contributed by atoms with E-state index in [0.717, 1.165) is 26.4 Å². The van der Waals surface area contributed by atoms with E-state index in [9.17, 15) is 9.18 Å². The van der Waals surface area contributed by atoms with Crippen LogP contribution in [0.2, 0.25) is 0 Å². The third-order valence-electron chi connectivity index (χ3n) is 4.14. The van der Waals surface area contributed by atoms with E-state index in [1.165, 1.54) is 12.1 Å². The number of urea groups is 1. The standard InChI is InChI=1S/C21H16FN3OS/c1-13-12-14(20-23-18-8-4-5-9-19(18)27-20)10-11-16(13)24-21(26)25-17-7-3-2-6-15(17)22/h2-12H,1H3,(H2,24,25,26). The SMILES string of the molecule is Cc1cc(-c2nc3ccccc3s2)ccc1NC(=O)Nc1ccccc1F. The van der Waals surface area contributed by atoms with Gasteiger partial charge in [-0.25, -0.2) is 14.2 Å². The van der Waals surface area contributed by atoms with Crippen molar-refractivity contribution >= 4 is 39.0 Å². The van der Waals surface area contributed by atoms with Crippen LogP contribution in [0, 0.1) is 12.7 Å². The summed E-state index contributed by atoms with van der Waals surface area (Å²) >= 11 is 1.63. The third-order valence-corrected chi connectivity index (χ3v) is 5.22. The summed E-state index contributed by atoms with van der Waals surface area (Å²) in [6, 6.07) is 19.3. The largest absolute Gasteiger partial charge is 0.323 e. The Kier molecular flexibility index (Phi) is 4.56. The van der Waals surface area contributed by atoms with Crippen molar-refractivity contribution in [3.05, 3.63) is 78.1 Å². The summed E-state index contributed by atoms with van der Waals surface area (Å²) in [5.41, 5.74) is 3.67. The molecule has 4 nitrogen and oxygen atoms in total. The predicted octanol–water partition coefficient (Wildman–Crippen LogP) is 6.05. The molecule has 4 rings (SSSR count). The maximum atomic E-state index is 13.6. The van der Waals surface area contributed by atoms with E-state index < -0.39 is 11.8 Å². The Hall–Kier alpha value is -3.25. The molecule has 0 aliphatic heterocycles. The molecule has 0 spiro atoms. The van der Waals surface area contributed by atoms with Gasteiger partial charge in [-0.05, 0) is 55.0 Å². The number of rotatable bonds is 3. The summed E-state index contributed by atoms with van der Waals surface area (Å²) in [5.74, 6) is -0.476. The Bertz CT molecular complexity index is 1110. The van der Waals surface area contributed by atoms with Gasteiger partial charge in [-0.2, -0.15) is 0 Å². The number of anilines is 2. The molecule has 0 atom stereocenters. The third kappa shape index (κ3) is 3.66. The van der Waals surface area contributed by atoms with Crippen molar-refractivity contribution in [2.45, 2.75) is 6.92 Å². The summed E-state index contributed by atoms with van der Waals surface area (Å²) in [5, 5.41) is 6.20.